The highest BCUT2D eigenvalue weighted by atomic mass is 14.5. The highest BCUT2D eigenvalue weighted by molar-refractivity contribution is 4.96. The maximum absolute atomic E-state index is 2.52. The Labute approximate surface area is 103 Å². The van der Waals surface area contributed by atoms with Crippen molar-refractivity contribution in [2.45, 2.75) is 73.6 Å². The van der Waals surface area contributed by atoms with Crippen molar-refractivity contribution >= 4 is 0 Å². The molecular weight excluding hydrogens is 192 g/mol. The maximum atomic E-state index is 2.52. The predicted octanol–water partition coefficient (Wildman–Crippen LogP) is 5.52. The monoisotopic (exact) mass is 224 g/mol. The van der Waals surface area contributed by atoms with Crippen molar-refractivity contribution in [1.29, 1.82) is 0 Å². The minimum Gasteiger partial charge on any atom is -0.0654 e. The maximum Gasteiger partial charge on any atom is -0.0221 e. The SMILES string of the molecule is CCCC(C)C1(CC)C(C)CCC(C)C1C. The molecule has 1 saturated carbocycles. The largest absolute Gasteiger partial charge is 0.0654 e. The third-order valence-corrected chi connectivity index (χ3v) is 5.93. The summed E-state index contributed by atoms with van der Waals surface area (Å²) in [6, 6.07) is 0. The molecule has 0 aromatic rings. The van der Waals surface area contributed by atoms with Crippen molar-refractivity contribution in [1.82, 2.24) is 0 Å². The summed E-state index contributed by atoms with van der Waals surface area (Å²) in [4.78, 5) is 0. The van der Waals surface area contributed by atoms with Crippen LogP contribution >= 0.6 is 0 Å². The fourth-order valence-electron chi connectivity index (χ4n) is 4.67. The summed E-state index contributed by atoms with van der Waals surface area (Å²) < 4.78 is 0. The topological polar surface area (TPSA) is 0 Å². The first-order chi connectivity index (χ1) is 7.50. The van der Waals surface area contributed by atoms with Gasteiger partial charge in [0.2, 0.25) is 0 Å². The second-order valence-electron chi connectivity index (χ2n) is 6.40. The Morgan fingerprint density at radius 1 is 1.12 bits per heavy atom. The van der Waals surface area contributed by atoms with E-state index in [1.807, 2.05) is 0 Å². The lowest BCUT2D eigenvalue weighted by Crippen LogP contribution is -2.46. The van der Waals surface area contributed by atoms with Crippen LogP contribution in [-0.4, -0.2) is 0 Å². The average molecular weight is 224 g/mol. The number of hydrogen-bond donors (Lipinski definition) is 0. The summed E-state index contributed by atoms with van der Waals surface area (Å²) >= 11 is 0. The normalized spacial score (nSPS) is 42.0. The van der Waals surface area contributed by atoms with Crippen LogP contribution in [0.5, 0.6) is 0 Å². The molecule has 0 aromatic carbocycles. The minimum absolute atomic E-state index is 0.619. The van der Waals surface area contributed by atoms with Crippen molar-refractivity contribution in [3.8, 4) is 0 Å². The Morgan fingerprint density at radius 2 is 1.75 bits per heavy atom. The van der Waals surface area contributed by atoms with Gasteiger partial charge in [-0.2, -0.15) is 0 Å². The van der Waals surface area contributed by atoms with Crippen molar-refractivity contribution in [3.63, 3.8) is 0 Å². The van der Waals surface area contributed by atoms with Gasteiger partial charge in [0.15, 0.2) is 0 Å². The molecule has 0 spiro atoms. The number of hydrogen-bond acceptors (Lipinski definition) is 0. The molecule has 1 aliphatic rings. The fourth-order valence-corrected chi connectivity index (χ4v) is 4.67. The third kappa shape index (κ3) is 2.17. The molecule has 0 bridgehead atoms. The van der Waals surface area contributed by atoms with Crippen LogP contribution < -0.4 is 0 Å². The Morgan fingerprint density at radius 3 is 2.25 bits per heavy atom. The van der Waals surface area contributed by atoms with E-state index >= 15 is 0 Å². The summed E-state index contributed by atoms with van der Waals surface area (Å²) in [5.74, 6) is 3.65. The molecule has 96 valence electrons. The Balaban J connectivity index is 2.96. The van der Waals surface area contributed by atoms with Crippen LogP contribution in [0.1, 0.15) is 73.6 Å². The van der Waals surface area contributed by atoms with Crippen molar-refractivity contribution in [3.05, 3.63) is 0 Å². The van der Waals surface area contributed by atoms with E-state index in [0.717, 1.165) is 23.7 Å². The van der Waals surface area contributed by atoms with Gasteiger partial charge in [-0.05, 0) is 41.9 Å². The lowest BCUT2D eigenvalue weighted by atomic mass is 9.51. The minimum atomic E-state index is 0.619. The van der Waals surface area contributed by atoms with Crippen LogP contribution in [0.25, 0.3) is 0 Å². The molecule has 16 heavy (non-hydrogen) atoms. The van der Waals surface area contributed by atoms with Gasteiger partial charge in [0.25, 0.3) is 0 Å². The molecule has 0 heteroatoms. The lowest BCUT2D eigenvalue weighted by molar-refractivity contribution is -0.0483. The summed E-state index contributed by atoms with van der Waals surface area (Å²) in [5, 5.41) is 0. The second kappa shape index (κ2) is 5.56. The van der Waals surface area contributed by atoms with Gasteiger partial charge in [-0.1, -0.05) is 60.8 Å². The first kappa shape index (κ1) is 14.1. The molecule has 1 rings (SSSR count). The molecule has 0 aromatic heterocycles. The van der Waals surface area contributed by atoms with E-state index in [1.165, 1.54) is 32.1 Å². The molecule has 1 fully saturated rings. The van der Waals surface area contributed by atoms with E-state index in [2.05, 4.69) is 41.5 Å². The zero-order valence-corrected chi connectivity index (χ0v) is 12.3. The highest BCUT2D eigenvalue weighted by Crippen LogP contribution is 2.55. The molecule has 1 aliphatic carbocycles. The second-order valence-corrected chi connectivity index (χ2v) is 6.40. The molecule has 0 amide bonds. The van der Waals surface area contributed by atoms with Gasteiger partial charge in [0, 0.05) is 0 Å². The Hall–Kier alpha value is 0. The molecule has 0 radical (unpaired) electrons. The van der Waals surface area contributed by atoms with Crippen LogP contribution in [0.15, 0.2) is 0 Å². The van der Waals surface area contributed by atoms with Crippen molar-refractivity contribution in [2.75, 3.05) is 0 Å². The molecule has 0 N–H and O–H groups in total. The van der Waals surface area contributed by atoms with Crippen LogP contribution in [0.2, 0.25) is 0 Å². The summed E-state index contributed by atoms with van der Waals surface area (Å²) in [7, 11) is 0. The quantitative estimate of drug-likeness (QED) is 0.589. The summed E-state index contributed by atoms with van der Waals surface area (Å²) in [6.07, 6.45) is 7.03. The third-order valence-electron chi connectivity index (χ3n) is 5.93. The molecule has 5 atom stereocenters. The van der Waals surface area contributed by atoms with Gasteiger partial charge in [-0.15, -0.1) is 0 Å². The molecular formula is C16H32. The van der Waals surface area contributed by atoms with Crippen LogP contribution in [0.3, 0.4) is 0 Å². The summed E-state index contributed by atoms with van der Waals surface area (Å²) in [5.41, 5.74) is 0.619. The van der Waals surface area contributed by atoms with Gasteiger partial charge < -0.3 is 0 Å². The van der Waals surface area contributed by atoms with E-state index < -0.39 is 0 Å². The molecule has 0 nitrogen and oxygen atoms in total. The zero-order valence-electron chi connectivity index (χ0n) is 12.3. The first-order valence-corrected chi connectivity index (χ1v) is 7.50. The van der Waals surface area contributed by atoms with Crippen LogP contribution in [-0.2, 0) is 0 Å². The molecule has 0 saturated heterocycles. The predicted molar refractivity (Wildman–Crippen MR) is 73.5 cm³/mol. The first-order valence-electron chi connectivity index (χ1n) is 7.50. The molecule has 5 unspecified atom stereocenters. The zero-order chi connectivity index (χ0) is 12.3. The lowest BCUT2D eigenvalue weighted by Gasteiger charge is -2.54. The summed E-state index contributed by atoms with van der Waals surface area (Å²) in [6.45, 7) is 14.8. The number of rotatable bonds is 4. The van der Waals surface area contributed by atoms with Crippen LogP contribution in [0, 0.1) is 29.1 Å². The Kier molecular flexibility index (Phi) is 4.88. The van der Waals surface area contributed by atoms with Gasteiger partial charge in [-0.3, -0.25) is 0 Å². The van der Waals surface area contributed by atoms with Gasteiger partial charge in [0.05, 0.1) is 0 Å². The average Bonchev–Trinajstić information content (AvgIpc) is 2.26. The standard InChI is InChI=1S/C16H32/c1-7-9-13(4)16(8-2)14(5)11-10-12(3)15(16)6/h12-15H,7-11H2,1-6H3. The van der Waals surface area contributed by atoms with Crippen LogP contribution in [0.4, 0.5) is 0 Å². The van der Waals surface area contributed by atoms with E-state index in [4.69, 9.17) is 0 Å². The molecule has 0 aliphatic heterocycles. The van der Waals surface area contributed by atoms with E-state index in [9.17, 15) is 0 Å². The van der Waals surface area contributed by atoms with Gasteiger partial charge in [-0.25, -0.2) is 0 Å². The Bertz CT molecular complexity index is 208. The van der Waals surface area contributed by atoms with E-state index in [-0.39, 0.29) is 0 Å². The van der Waals surface area contributed by atoms with Crippen molar-refractivity contribution in [2.24, 2.45) is 29.1 Å². The smallest absolute Gasteiger partial charge is 0.0221 e. The highest BCUT2D eigenvalue weighted by Gasteiger charge is 2.47. The fraction of sp³-hybridized carbons (Fsp3) is 1.00. The van der Waals surface area contributed by atoms with E-state index in [1.54, 1.807) is 0 Å². The van der Waals surface area contributed by atoms with Gasteiger partial charge >= 0.3 is 0 Å². The van der Waals surface area contributed by atoms with Crippen molar-refractivity contribution < 1.29 is 0 Å². The van der Waals surface area contributed by atoms with Gasteiger partial charge in [0.1, 0.15) is 0 Å². The molecule has 0 heterocycles. The van der Waals surface area contributed by atoms with E-state index in [0.29, 0.717) is 5.41 Å².